The Morgan fingerprint density at radius 2 is 1.71 bits per heavy atom. The number of rotatable bonds is 9. The Bertz CT molecular complexity index is 545. The molecule has 21 heavy (non-hydrogen) atoms. The second kappa shape index (κ2) is 7.96. The lowest BCUT2D eigenvalue weighted by Crippen LogP contribution is -2.25. The first kappa shape index (κ1) is 17.4. The lowest BCUT2D eigenvalue weighted by atomic mass is 10.5. The molecular weight excluding hydrogens is 292 g/mol. The number of anilines is 3. The Hall–Kier alpha value is -1.64. The van der Waals surface area contributed by atoms with Crippen LogP contribution in [0.3, 0.4) is 0 Å². The van der Waals surface area contributed by atoms with Gasteiger partial charge in [0.25, 0.3) is 0 Å². The van der Waals surface area contributed by atoms with Crippen LogP contribution in [0, 0.1) is 0 Å². The molecule has 1 aromatic heterocycles. The summed E-state index contributed by atoms with van der Waals surface area (Å²) in [6, 6.07) is 0. The van der Waals surface area contributed by atoms with E-state index in [4.69, 9.17) is 0 Å². The molecule has 9 heteroatoms. The maximum Gasteiger partial charge on any atom is 0.231 e. The smallest absolute Gasteiger partial charge is 0.231 e. The number of nitrogens with zero attached hydrogens (tertiary/aromatic N) is 4. The molecule has 0 unspecified atom stereocenters. The predicted molar refractivity (Wildman–Crippen MR) is 85.8 cm³/mol. The van der Waals surface area contributed by atoms with Crippen molar-refractivity contribution in [3.05, 3.63) is 0 Å². The van der Waals surface area contributed by atoms with Gasteiger partial charge in [0, 0.05) is 32.9 Å². The quantitative estimate of drug-likeness (QED) is 0.639. The number of hydrogen-bond donors (Lipinski definition) is 2. The van der Waals surface area contributed by atoms with Crippen LogP contribution >= 0.6 is 0 Å². The molecule has 0 spiro atoms. The zero-order chi connectivity index (χ0) is 15.9. The molecule has 1 aromatic rings. The van der Waals surface area contributed by atoms with Crippen molar-refractivity contribution < 1.29 is 8.42 Å². The van der Waals surface area contributed by atoms with Crippen LogP contribution < -0.4 is 15.5 Å². The van der Waals surface area contributed by atoms with Crippen molar-refractivity contribution in [1.29, 1.82) is 0 Å². The summed E-state index contributed by atoms with van der Waals surface area (Å²) in [5, 5.41) is 5.94. The van der Waals surface area contributed by atoms with Crippen LogP contribution in [-0.4, -0.2) is 62.1 Å². The van der Waals surface area contributed by atoms with Gasteiger partial charge in [0.2, 0.25) is 17.8 Å². The molecular formula is C12H24N6O2S. The minimum Gasteiger partial charge on any atom is -0.357 e. The summed E-state index contributed by atoms with van der Waals surface area (Å²) in [7, 11) is -1.19. The van der Waals surface area contributed by atoms with Gasteiger partial charge in [0.1, 0.15) is 9.84 Å². The lowest BCUT2D eigenvalue weighted by molar-refractivity contribution is 0.600. The van der Waals surface area contributed by atoms with Crippen LogP contribution in [0.15, 0.2) is 0 Å². The number of nitrogens with one attached hydrogen (secondary N) is 2. The summed E-state index contributed by atoms with van der Waals surface area (Å²) in [4.78, 5) is 14.9. The maximum absolute atomic E-state index is 11.1. The lowest BCUT2D eigenvalue weighted by Gasteiger charge is -2.19. The molecule has 8 nitrogen and oxygen atoms in total. The third kappa shape index (κ3) is 6.11. The summed E-state index contributed by atoms with van der Waals surface area (Å²) >= 11 is 0. The highest BCUT2D eigenvalue weighted by molar-refractivity contribution is 7.90. The van der Waals surface area contributed by atoms with E-state index in [-0.39, 0.29) is 5.75 Å². The Balaban J connectivity index is 2.75. The van der Waals surface area contributed by atoms with Gasteiger partial charge in [0.05, 0.1) is 5.75 Å². The summed E-state index contributed by atoms with van der Waals surface area (Å²) in [6.45, 7) is 6.17. The van der Waals surface area contributed by atoms with Crippen LogP contribution in [0.2, 0.25) is 0 Å². The van der Waals surface area contributed by atoms with Crippen LogP contribution in [0.4, 0.5) is 17.8 Å². The largest absolute Gasteiger partial charge is 0.357 e. The Labute approximate surface area is 126 Å². The van der Waals surface area contributed by atoms with Crippen molar-refractivity contribution in [2.75, 3.05) is 54.2 Å². The van der Waals surface area contributed by atoms with Gasteiger partial charge in [-0.2, -0.15) is 15.0 Å². The highest BCUT2D eigenvalue weighted by atomic mass is 32.2. The first-order valence-corrected chi connectivity index (χ1v) is 9.06. The van der Waals surface area contributed by atoms with Crippen LogP contribution in [0.5, 0.6) is 0 Å². The molecule has 1 heterocycles. The third-order valence-electron chi connectivity index (χ3n) is 2.87. The second-order valence-corrected chi connectivity index (χ2v) is 6.87. The fraction of sp³-hybridized carbons (Fsp3) is 0.750. The second-order valence-electron chi connectivity index (χ2n) is 4.62. The minimum atomic E-state index is -2.93. The maximum atomic E-state index is 11.1. The summed E-state index contributed by atoms with van der Waals surface area (Å²) in [6.07, 6.45) is 1.74. The molecule has 0 amide bonds. The van der Waals surface area contributed by atoms with Gasteiger partial charge < -0.3 is 15.5 Å². The van der Waals surface area contributed by atoms with Gasteiger partial charge in [-0.25, -0.2) is 8.42 Å². The van der Waals surface area contributed by atoms with E-state index >= 15 is 0 Å². The van der Waals surface area contributed by atoms with E-state index in [0.717, 1.165) is 13.1 Å². The van der Waals surface area contributed by atoms with Gasteiger partial charge in [-0.1, -0.05) is 0 Å². The summed E-state index contributed by atoms with van der Waals surface area (Å²) in [5.41, 5.74) is 0. The fourth-order valence-corrected chi connectivity index (χ4v) is 2.41. The highest BCUT2D eigenvalue weighted by Crippen LogP contribution is 2.13. The molecule has 0 radical (unpaired) electrons. The molecule has 0 aromatic carbocycles. The molecule has 120 valence electrons. The Kier molecular flexibility index (Phi) is 6.60. The number of aromatic nitrogens is 3. The van der Waals surface area contributed by atoms with Crippen molar-refractivity contribution >= 4 is 27.7 Å². The third-order valence-corrected chi connectivity index (χ3v) is 3.90. The predicted octanol–water partition coefficient (Wildman–Crippen LogP) is 0.606. The van der Waals surface area contributed by atoms with Crippen molar-refractivity contribution in [3.8, 4) is 0 Å². The van der Waals surface area contributed by atoms with Gasteiger partial charge in [-0.3, -0.25) is 0 Å². The van der Waals surface area contributed by atoms with Gasteiger partial charge >= 0.3 is 0 Å². The zero-order valence-corrected chi connectivity index (χ0v) is 13.9. The normalized spacial score (nSPS) is 11.2. The first-order chi connectivity index (χ1) is 9.89. The molecule has 0 aliphatic rings. The zero-order valence-electron chi connectivity index (χ0n) is 13.0. The monoisotopic (exact) mass is 316 g/mol. The van der Waals surface area contributed by atoms with Crippen LogP contribution in [0.25, 0.3) is 0 Å². The van der Waals surface area contributed by atoms with Crippen molar-refractivity contribution in [3.63, 3.8) is 0 Å². The van der Waals surface area contributed by atoms with E-state index in [0.29, 0.717) is 30.8 Å². The molecule has 2 N–H and O–H groups in total. The van der Waals surface area contributed by atoms with E-state index in [1.165, 1.54) is 6.26 Å². The average Bonchev–Trinajstić information content (AvgIpc) is 2.44. The van der Waals surface area contributed by atoms with E-state index < -0.39 is 9.84 Å². The number of hydrogen-bond acceptors (Lipinski definition) is 8. The van der Waals surface area contributed by atoms with E-state index in [2.05, 4.69) is 25.6 Å². The van der Waals surface area contributed by atoms with Crippen molar-refractivity contribution in [2.45, 2.75) is 20.3 Å². The standard InChI is InChI=1S/C12H24N6O2S/c1-5-18(6-2)12-16-10(13-3)15-11(17-12)14-8-7-9-21(4,19)20/h5-9H2,1-4H3,(H2,13,14,15,16,17). The van der Waals surface area contributed by atoms with Crippen molar-refractivity contribution in [2.24, 2.45) is 0 Å². The molecule has 0 bridgehead atoms. The highest BCUT2D eigenvalue weighted by Gasteiger charge is 2.10. The fourth-order valence-electron chi connectivity index (χ4n) is 1.74. The van der Waals surface area contributed by atoms with Crippen molar-refractivity contribution in [1.82, 2.24) is 15.0 Å². The van der Waals surface area contributed by atoms with E-state index in [1.54, 1.807) is 7.05 Å². The SMILES string of the molecule is CCN(CC)c1nc(NC)nc(NCCCS(C)(=O)=O)n1. The minimum absolute atomic E-state index is 0.146. The molecule has 0 atom stereocenters. The van der Waals surface area contributed by atoms with Gasteiger partial charge in [-0.05, 0) is 20.3 Å². The molecule has 0 saturated heterocycles. The first-order valence-electron chi connectivity index (χ1n) is 7.00. The molecule has 0 saturated carbocycles. The van der Waals surface area contributed by atoms with Crippen LogP contribution in [0.1, 0.15) is 20.3 Å². The average molecular weight is 316 g/mol. The van der Waals surface area contributed by atoms with Gasteiger partial charge in [0.15, 0.2) is 0 Å². The number of sulfone groups is 1. The molecule has 1 rings (SSSR count). The van der Waals surface area contributed by atoms with E-state index in [1.807, 2.05) is 18.7 Å². The molecule has 0 aliphatic heterocycles. The molecule has 0 aliphatic carbocycles. The van der Waals surface area contributed by atoms with E-state index in [9.17, 15) is 8.42 Å². The Morgan fingerprint density at radius 3 is 2.24 bits per heavy atom. The summed E-state index contributed by atoms with van der Waals surface area (Å²) in [5.74, 6) is 1.68. The summed E-state index contributed by atoms with van der Waals surface area (Å²) < 4.78 is 22.2. The van der Waals surface area contributed by atoms with Crippen LogP contribution in [-0.2, 0) is 9.84 Å². The molecule has 0 fully saturated rings. The Morgan fingerprint density at radius 1 is 1.10 bits per heavy atom. The van der Waals surface area contributed by atoms with Gasteiger partial charge in [-0.15, -0.1) is 0 Å². The topological polar surface area (TPSA) is 100 Å².